The van der Waals surface area contributed by atoms with Gasteiger partial charge in [0, 0.05) is 12.3 Å². The van der Waals surface area contributed by atoms with Crippen molar-refractivity contribution in [3.05, 3.63) is 12.2 Å². The summed E-state index contributed by atoms with van der Waals surface area (Å²) in [7, 11) is 0. The maximum atomic E-state index is 13.5. The molecule has 6 heteroatoms. The largest absolute Gasteiger partial charge is 0.481 e. The summed E-state index contributed by atoms with van der Waals surface area (Å²) in [5, 5.41) is 34.3. The van der Waals surface area contributed by atoms with Crippen LogP contribution in [0.2, 0.25) is 0 Å². The Bertz CT molecular complexity index is 779. The van der Waals surface area contributed by atoms with Gasteiger partial charge < -0.3 is 20.4 Å². The number of hydrogen-bond acceptors (Lipinski definition) is 5. The Balaban J connectivity index is 0. The molecule has 0 aromatic rings. The zero-order valence-electron chi connectivity index (χ0n) is 36.4. The highest BCUT2D eigenvalue weighted by atomic mass is 16.4. The van der Waals surface area contributed by atoms with Gasteiger partial charge in [-0.15, -0.1) is 0 Å². The van der Waals surface area contributed by atoms with Crippen LogP contribution in [0.3, 0.4) is 0 Å². The summed E-state index contributed by atoms with van der Waals surface area (Å²) in [5.41, 5.74) is 0. The van der Waals surface area contributed by atoms with E-state index in [0.717, 1.165) is 57.8 Å². The summed E-state index contributed by atoms with van der Waals surface area (Å²) in [6, 6.07) is 0. The molecule has 0 aliphatic carbocycles. The van der Waals surface area contributed by atoms with E-state index >= 15 is 0 Å². The van der Waals surface area contributed by atoms with Gasteiger partial charge in [0.05, 0.1) is 19.1 Å². The lowest BCUT2D eigenvalue weighted by Crippen LogP contribution is -2.30. The van der Waals surface area contributed by atoms with Gasteiger partial charge in [-0.3, -0.25) is 9.59 Å². The van der Waals surface area contributed by atoms with Crippen molar-refractivity contribution < 1.29 is 30.0 Å². The molecule has 0 amide bonds. The number of carbonyl (C=O) groups excluding carboxylic acids is 1. The van der Waals surface area contributed by atoms with Gasteiger partial charge in [0.1, 0.15) is 11.9 Å². The Labute approximate surface area is 336 Å². The third-order valence-corrected chi connectivity index (χ3v) is 11.1. The highest BCUT2D eigenvalue weighted by Gasteiger charge is 2.32. The molecule has 0 heterocycles. The van der Waals surface area contributed by atoms with E-state index < -0.39 is 18.0 Å². The Hall–Kier alpha value is -1.24. The van der Waals surface area contributed by atoms with Crippen LogP contribution in [-0.2, 0) is 9.59 Å². The molecule has 0 fully saturated rings. The molecule has 4 N–H and O–H groups in total. The van der Waals surface area contributed by atoms with Crippen LogP contribution in [0.4, 0.5) is 0 Å². The highest BCUT2D eigenvalue weighted by molar-refractivity contribution is 5.86. The number of ketones is 1. The maximum Gasteiger partial charge on any atom is 0.307 e. The SMILES string of the molecule is CCCCCCCC/C=C\CCCCCCC(C(=O)O)C(CCCCCCCCCC)C(=O)CCCCCCCCCCCCCCC.OCC(O)CO. The predicted octanol–water partition coefficient (Wildman–Crippen LogP) is 13.9. The van der Waals surface area contributed by atoms with Crippen LogP contribution in [0.1, 0.15) is 252 Å². The van der Waals surface area contributed by atoms with E-state index in [1.165, 1.54) is 161 Å². The van der Waals surface area contributed by atoms with Gasteiger partial charge in [0.15, 0.2) is 0 Å². The number of aliphatic hydroxyl groups excluding tert-OH is 3. The average Bonchev–Trinajstić information content (AvgIpc) is 3.17. The molecule has 6 nitrogen and oxygen atoms in total. The van der Waals surface area contributed by atoms with Crippen LogP contribution in [-0.4, -0.2) is 51.5 Å². The van der Waals surface area contributed by atoms with Crippen LogP contribution >= 0.6 is 0 Å². The number of carbonyl (C=O) groups is 2. The molecule has 54 heavy (non-hydrogen) atoms. The first-order valence-corrected chi connectivity index (χ1v) is 23.7. The van der Waals surface area contributed by atoms with E-state index in [-0.39, 0.29) is 24.9 Å². The number of Topliss-reactive ketones (excluding diaryl/α,β-unsaturated/α-hetero) is 1. The third-order valence-electron chi connectivity index (χ3n) is 11.1. The van der Waals surface area contributed by atoms with Gasteiger partial charge in [0.25, 0.3) is 0 Å². The van der Waals surface area contributed by atoms with Crippen molar-refractivity contribution in [2.24, 2.45) is 11.8 Å². The topological polar surface area (TPSA) is 115 Å². The highest BCUT2D eigenvalue weighted by Crippen LogP contribution is 2.29. The second kappa shape index (κ2) is 46.1. The molecular weight excluding hydrogens is 673 g/mol. The van der Waals surface area contributed by atoms with E-state index in [1.807, 2.05) is 0 Å². The van der Waals surface area contributed by atoms with Gasteiger partial charge >= 0.3 is 5.97 Å². The third kappa shape index (κ3) is 40.4. The number of rotatable bonds is 42. The molecule has 0 aliphatic rings. The van der Waals surface area contributed by atoms with E-state index in [1.54, 1.807) is 0 Å². The summed E-state index contributed by atoms with van der Waals surface area (Å²) in [6.07, 6.45) is 47.3. The van der Waals surface area contributed by atoms with Crippen LogP contribution in [0.15, 0.2) is 12.2 Å². The van der Waals surface area contributed by atoms with Gasteiger partial charge in [-0.1, -0.05) is 213 Å². The number of hydrogen-bond donors (Lipinski definition) is 4. The normalized spacial score (nSPS) is 12.6. The molecular formula is C48H94O6. The summed E-state index contributed by atoms with van der Waals surface area (Å²) >= 11 is 0. The quantitative estimate of drug-likeness (QED) is 0.0363. The molecule has 0 aromatic carbocycles. The average molecular weight is 767 g/mol. The van der Waals surface area contributed by atoms with Gasteiger partial charge in [-0.05, 0) is 44.9 Å². The molecule has 0 bridgehead atoms. The first-order valence-electron chi connectivity index (χ1n) is 23.7. The van der Waals surface area contributed by atoms with E-state index in [4.69, 9.17) is 15.3 Å². The molecule has 2 unspecified atom stereocenters. The van der Waals surface area contributed by atoms with E-state index in [2.05, 4.69) is 32.9 Å². The van der Waals surface area contributed by atoms with Gasteiger partial charge in [-0.25, -0.2) is 0 Å². The minimum absolute atomic E-state index is 0.240. The van der Waals surface area contributed by atoms with Crippen LogP contribution in [0, 0.1) is 11.8 Å². The van der Waals surface area contributed by atoms with Crippen molar-refractivity contribution in [1.82, 2.24) is 0 Å². The summed E-state index contributed by atoms with van der Waals surface area (Å²) in [6.45, 7) is 6.07. The minimum atomic E-state index is -0.954. The molecule has 0 rings (SSSR count). The molecule has 0 aromatic heterocycles. The van der Waals surface area contributed by atoms with Crippen molar-refractivity contribution in [2.45, 2.75) is 258 Å². The molecule has 0 radical (unpaired) electrons. The molecule has 0 aliphatic heterocycles. The molecule has 0 saturated carbocycles. The lowest BCUT2D eigenvalue weighted by atomic mass is 9.79. The molecule has 0 spiro atoms. The van der Waals surface area contributed by atoms with Crippen molar-refractivity contribution in [1.29, 1.82) is 0 Å². The van der Waals surface area contributed by atoms with Crippen LogP contribution < -0.4 is 0 Å². The van der Waals surface area contributed by atoms with Crippen molar-refractivity contribution in [3.63, 3.8) is 0 Å². The van der Waals surface area contributed by atoms with E-state index in [0.29, 0.717) is 12.8 Å². The number of aliphatic carboxylic acids is 1. The smallest absolute Gasteiger partial charge is 0.307 e. The van der Waals surface area contributed by atoms with Gasteiger partial charge in [-0.2, -0.15) is 0 Å². The summed E-state index contributed by atoms with van der Waals surface area (Å²) in [5.74, 6) is -1.29. The van der Waals surface area contributed by atoms with Crippen molar-refractivity contribution >= 4 is 11.8 Å². The Morgan fingerprint density at radius 1 is 0.426 bits per heavy atom. The predicted molar refractivity (Wildman–Crippen MR) is 232 cm³/mol. The minimum Gasteiger partial charge on any atom is -0.481 e. The fourth-order valence-electron chi connectivity index (χ4n) is 7.40. The number of aliphatic hydroxyl groups is 3. The lowest BCUT2D eigenvalue weighted by Gasteiger charge is -2.23. The fourth-order valence-corrected chi connectivity index (χ4v) is 7.40. The summed E-state index contributed by atoms with van der Waals surface area (Å²) < 4.78 is 0. The van der Waals surface area contributed by atoms with E-state index in [9.17, 15) is 14.7 Å². The Morgan fingerprint density at radius 3 is 1.04 bits per heavy atom. The number of unbranched alkanes of at least 4 members (excludes halogenated alkanes) is 29. The molecule has 0 saturated heterocycles. The Kier molecular flexibility index (Phi) is 46.9. The number of carboxylic acid groups (broad SMARTS) is 1. The van der Waals surface area contributed by atoms with Crippen molar-refractivity contribution in [3.8, 4) is 0 Å². The molecule has 2 atom stereocenters. The Morgan fingerprint density at radius 2 is 0.722 bits per heavy atom. The molecule has 322 valence electrons. The van der Waals surface area contributed by atoms with Gasteiger partial charge in [0.2, 0.25) is 0 Å². The van der Waals surface area contributed by atoms with Crippen LogP contribution in [0.5, 0.6) is 0 Å². The fraction of sp³-hybridized carbons (Fsp3) is 0.917. The second-order valence-electron chi connectivity index (χ2n) is 16.3. The maximum absolute atomic E-state index is 13.5. The lowest BCUT2D eigenvalue weighted by molar-refractivity contribution is -0.147. The standard InChI is InChI=1S/C45H86O3.C3H8O3/c1-4-7-10-13-16-19-21-23-25-26-28-31-34-37-40-43(45(47)48)42(39-36-33-30-18-15-12-9-6-3)44(46)41-38-35-32-29-27-24-22-20-17-14-11-8-5-2;4-1-3(6)2-5/h23,25,42-43H,4-22,24,26-41H2,1-3H3,(H,47,48);3-6H,1-2H2/b25-23-;. The second-order valence-corrected chi connectivity index (χ2v) is 16.3. The van der Waals surface area contributed by atoms with Crippen molar-refractivity contribution in [2.75, 3.05) is 13.2 Å². The zero-order chi connectivity index (χ0) is 40.2. The first-order chi connectivity index (χ1) is 26.4. The first kappa shape index (κ1) is 54.9. The summed E-state index contributed by atoms with van der Waals surface area (Å²) in [4.78, 5) is 26.0. The number of allylic oxidation sites excluding steroid dienone is 2. The number of carboxylic acids is 1. The van der Waals surface area contributed by atoms with Crippen LogP contribution in [0.25, 0.3) is 0 Å². The zero-order valence-corrected chi connectivity index (χ0v) is 36.4. The monoisotopic (exact) mass is 767 g/mol.